The first-order chi connectivity index (χ1) is 11.9. The molecule has 1 fully saturated rings. The van der Waals surface area contributed by atoms with E-state index in [9.17, 15) is 4.79 Å². The van der Waals surface area contributed by atoms with Crippen LogP contribution in [0.25, 0.3) is 10.9 Å². The van der Waals surface area contributed by atoms with Crippen LogP contribution in [0.15, 0.2) is 36.5 Å². The zero-order valence-corrected chi connectivity index (χ0v) is 15.2. The highest BCUT2D eigenvalue weighted by molar-refractivity contribution is 5.84. The number of ether oxygens (including phenoxy) is 2. The number of likely N-dealkylation sites (tertiary alicyclic amines) is 1. The first kappa shape index (κ1) is 17.5. The van der Waals surface area contributed by atoms with E-state index in [2.05, 4.69) is 4.98 Å². The van der Waals surface area contributed by atoms with Gasteiger partial charge >= 0.3 is 6.09 Å². The number of carbonyl (C=O) groups excluding carboxylic acids is 1. The van der Waals surface area contributed by atoms with Crippen LogP contribution in [0.2, 0.25) is 0 Å². The standard InChI is InChI=1S/C20H26N2O3/c1-20(2,3)25-19(23)22-12-6-7-15(13-22)14-24-17-10-4-8-16-9-5-11-21-18(16)17/h4-5,8-11,15H,6-7,12-14H2,1-3H3. The van der Waals surface area contributed by atoms with Crippen LogP contribution in [0.3, 0.4) is 0 Å². The number of rotatable bonds is 3. The van der Waals surface area contributed by atoms with E-state index in [0.29, 0.717) is 19.1 Å². The highest BCUT2D eigenvalue weighted by atomic mass is 16.6. The summed E-state index contributed by atoms with van der Waals surface area (Å²) in [6.45, 7) is 7.68. The van der Waals surface area contributed by atoms with Crippen molar-refractivity contribution in [3.8, 4) is 5.75 Å². The Balaban J connectivity index is 1.60. The van der Waals surface area contributed by atoms with E-state index in [1.54, 1.807) is 11.1 Å². The second-order valence-corrected chi connectivity index (χ2v) is 7.58. The molecule has 3 rings (SSSR count). The van der Waals surface area contributed by atoms with E-state index in [0.717, 1.165) is 36.0 Å². The Morgan fingerprint density at radius 2 is 2.08 bits per heavy atom. The van der Waals surface area contributed by atoms with Gasteiger partial charge in [0.05, 0.1) is 6.61 Å². The van der Waals surface area contributed by atoms with Crippen LogP contribution in [0.5, 0.6) is 5.75 Å². The molecule has 1 unspecified atom stereocenters. The fourth-order valence-electron chi connectivity index (χ4n) is 3.09. The van der Waals surface area contributed by atoms with Gasteiger partial charge < -0.3 is 14.4 Å². The van der Waals surface area contributed by atoms with Crippen LogP contribution in [0.4, 0.5) is 4.79 Å². The van der Waals surface area contributed by atoms with E-state index in [-0.39, 0.29) is 6.09 Å². The summed E-state index contributed by atoms with van der Waals surface area (Å²) in [5.74, 6) is 1.10. The second kappa shape index (κ2) is 7.30. The minimum absolute atomic E-state index is 0.232. The smallest absolute Gasteiger partial charge is 0.410 e. The normalized spacial score (nSPS) is 18.2. The molecule has 0 bridgehead atoms. The summed E-state index contributed by atoms with van der Waals surface area (Å²) in [6.07, 6.45) is 3.57. The minimum atomic E-state index is -0.463. The van der Waals surface area contributed by atoms with E-state index < -0.39 is 5.60 Å². The topological polar surface area (TPSA) is 51.7 Å². The molecule has 1 aromatic heterocycles. The first-order valence-electron chi connectivity index (χ1n) is 8.87. The number of nitrogens with zero attached hydrogens (tertiary/aromatic N) is 2. The zero-order chi connectivity index (χ0) is 17.9. The summed E-state index contributed by atoms with van der Waals surface area (Å²) >= 11 is 0. The Kier molecular flexibility index (Phi) is 5.11. The van der Waals surface area contributed by atoms with Gasteiger partial charge in [-0.05, 0) is 45.7 Å². The molecule has 0 spiro atoms. The monoisotopic (exact) mass is 342 g/mol. The maximum absolute atomic E-state index is 12.3. The molecule has 0 saturated carbocycles. The number of benzene rings is 1. The summed E-state index contributed by atoms with van der Waals surface area (Å²) < 4.78 is 11.5. The highest BCUT2D eigenvalue weighted by Crippen LogP contribution is 2.25. The molecule has 134 valence electrons. The molecule has 5 heteroatoms. The van der Waals surface area contributed by atoms with Crippen LogP contribution < -0.4 is 4.74 Å². The minimum Gasteiger partial charge on any atom is -0.491 e. The lowest BCUT2D eigenvalue weighted by atomic mass is 9.99. The third-order valence-corrected chi connectivity index (χ3v) is 4.24. The molecule has 1 atom stereocenters. The zero-order valence-electron chi connectivity index (χ0n) is 15.2. The fraction of sp³-hybridized carbons (Fsp3) is 0.500. The fourth-order valence-corrected chi connectivity index (χ4v) is 3.09. The number of piperidine rings is 1. The number of fused-ring (bicyclic) bond motifs is 1. The Morgan fingerprint density at radius 1 is 1.28 bits per heavy atom. The van der Waals surface area contributed by atoms with Gasteiger partial charge in [-0.1, -0.05) is 18.2 Å². The lowest BCUT2D eigenvalue weighted by molar-refractivity contribution is 0.0139. The number of hydrogen-bond acceptors (Lipinski definition) is 4. The molecule has 2 heterocycles. The number of para-hydroxylation sites is 1. The first-order valence-corrected chi connectivity index (χ1v) is 8.87. The van der Waals surface area contributed by atoms with Crippen molar-refractivity contribution in [2.24, 2.45) is 5.92 Å². The number of hydrogen-bond donors (Lipinski definition) is 0. The number of pyridine rings is 1. The molecule has 5 nitrogen and oxygen atoms in total. The summed E-state index contributed by atoms with van der Waals surface area (Å²) in [5, 5.41) is 1.07. The molecule has 1 aromatic carbocycles. The van der Waals surface area contributed by atoms with Crippen LogP contribution >= 0.6 is 0 Å². The van der Waals surface area contributed by atoms with Crippen molar-refractivity contribution in [2.45, 2.75) is 39.2 Å². The maximum atomic E-state index is 12.3. The van der Waals surface area contributed by atoms with Gasteiger partial charge in [-0.15, -0.1) is 0 Å². The van der Waals surface area contributed by atoms with E-state index >= 15 is 0 Å². The lowest BCUT2D eigenvalue weighted by Crippen LogP contribution is -2.44. The summed E-state index contributed by atoms with van der Waals surface area (Å²) in [5.41, 5.74) is 0.416. The molecular weight excluding hydrogens is 316 g/mol. The van der Waals surface area contributed by atoms with Crippen molar-refractivity contribution >= 4 is 17.0 Å². The van der Waals surface area contributed by atoms with Crippen LogP contribution in [0.1, 0.15) is 33.6 Å². The summed E-state index contributed by atoms with van der Waals surface area (Å²) in [4.78, 5) is 18.5. The van der Waals surface area contributed by atoms with E-state index in [1.807, 2.05) is 51.1 Å². The molecule has 1 aliphatic heterocycles. The van der Waals surface area contributed by atoms with Crippen LogP contribution in [0, 0.1) is 5.92 Å². The van der Waals surface area contributed by atoms with Crippen LogP contribution in [-0.4, -0.2) is 41.3 Å². The van der Waals surface area contributed by atoms with Gasteiger partial charge in [0.15, 0.2) is 0 Å². The molecule has 2 aromatic rings. The predicted octanol–water partition coefficient (Wildman–Crippen LogP) is 4.26. The van der Waals surface area contributed by atoms with Crippen molar-refractivity contribution in [1.29, 1.82) is 0 Å². The Morgan fingerprint density at radius 3 is 2.88 bits per heavy atom. The van der Waals surface area contributed by atoms with Crippen molar-refractivity contribution in [2.75, 3.05) is 19.7 Å². The largest absolute Gasteiger partial charge is 0.491 e. The summed E-state index contributed by atoms with van der Waals surface area (Å²) in [7, 11) is 0. The van der Waals surface area contributed by atoms with Gasteiger partial charge in [-0.2, -0.15) is 0 Å². The van der Waals surface area contributed by atoms with E-state index in [4.69, 9.17) is 9.47 Å². The van der Waals surface area contributed by atoms with E-state index in [1.165, 1.54) is 0 Å². The SMILES string of the molecule is CC(C)(C)OC(=O)N1CCCC(COc2cccc3cccnc23)C1. The molecule has 0 N–H and O–H groups in total. The summed E-state index contributed by atoms with van der Waals surface area (Å²) in [6, 6.07) is 9.91. The van der Waals surface area contributed by atoms with Crippen molar-refractivity contribution < 1.29 is 14.3 Å². The molecule has 1 saturated heterocycles. The van der Waals surface area contributed by atoms with Crippen molar-refractivity contribution in [3.05, 3.63) is 36.5 Å². The highest BCUT2D eigenvalue weighted by Gasteiger charge is 2.28. The van der Waals surface area contributed by atoms with Gasteiger partial charge in [0, 0.05) is 30.6 Å². The quantitative estimate of drug-likeness (QED) is 0.836. The lowest BCUT2D eigenvalue weighted by Gasteiger charge is -2.34. The molecule has 1 aliphatic rings. The Labute approximate surface area is 148 Å². The Bertz CT molecular complexity index is 734. The maximum Gasteiger partial charge on any atom is 0.410 e. The van der Waals surface area contributed by atoms with Gasteiger partial charge in [0.1, 0.15) is 16.9 Å². The number of amides is 1. The molecule has 0 radical (unpaired) electrons. The van der Waals surface area contributed by atoms with Gasteiger partial charge in [-0.3, -0.25) is 4.98 Å². The van der Waals surface area contributed by atoms with Crippen molar-refractivity contribution in [1.82, 2.24) is 9.88 Å². The molecular formula is C20H26N2O3. The molecule has 25 heavy (non-hydrogen) atoms. The van der Waals surface area contributed by atoms with Gasteiger partial charge in [0.25, 0.3) is 0 Å². The van der Waals surface area contributed by atoms with Crippen molar-refractivity contribution in [3.63, 3.8) is 0 Å². The molecule has 1 amide bonds. The Hall–Kier alpha value is -2.30. The third-order valence-electron chi connectivity index (χ3n) is 4.24. The predicted molar refractivity (Wildman–Crippen MR) is 97.8 cm³/mol. The van der Waals surface area contributed by atoms with Crippen LogP contribution in [-0.2, 0) is 4.74 Å². The number of carbonyl (C=O) groups is 1. The van der Waals surface area contributed by atoms with Gasteiger partial charge in [0.2, 0.25) is 0 Å². The second-order valence-electron chi connectivity index (χ2n) is 7.58. The van der Waals surface area contributed by atoms with Gasteiger partial charge in [-0.25, -0.2) is 4.79 Å². The molecule has 0 aliphatic carbocycles. The third kappa shape index (κ3) is 4.62. The average Bonchev–Trinajstić information content (AvgIpc) is 2.59. The number of aromatic nitrogens is 1. The average molecular weight is 342 g/mol.